The van der Waals surface area contributed by atoms with Crippen LogP contribution < -0.4 is 10.6 Å². The maximum atomic E-state index is 11.8. The molecule has 1 aromatic carbocycles. The minimum atomic E-state index is -0.417. The van der Waals surface area contributed by atoms with Gasteiger partial charge in [-0.15, -0.1) is 0 Å². The molecule has 0 aromatic heterocycles. The molecule has 1 saturated carbocycles. The molecule has 108 valence electrons. The van der Waals surface area contributed by atoms with Crippen LogP contribution in [0.4, 0.5) is 11.4 Å². The third kappa shape index (κ3) is 3.69. The number of benzene rings is 1. The summed E-state index contributed by atoms with van der Waals surface area (Å²) in [6.45, 7) is 0.949. The lowest BCUT2D eigenvalue weighted by molar-refractivity contribution is -0.384. The van der Waals surface area contributed by atoms with Crippen molar-refractivity contribution >= 4 is 17.3 Å². The van der Waals surface area contributed by atoms with Crippen molar-refractivity contribution in [3.8, 4) is 0 Å². The Labute approximate surface area is 117 Å². The number of nitrogens with one attached hydrogen (secondary N) is 2. The topological polar surface area (TPSA) is 84.3 Å². The van der Waals surface area contributed by atoms with Crippen molar-refractivity contribution in [3.05, 3.63) is 34.4 Å². The molecular formula is C14H19N3O3. The Morgan fingerprint density at radius 1 is 1.25 bits per heavy atom. The molecule has 1 aliphatic rings. The number of para-hydroxylation sites is 2. The quantitative estimate of drug-likeness (QED) is 0.475. The summed E-state index contributed by atoms with van der Waals surface area (Å²) in [5, 5.41) is 16.7. The van der Waals surface area contributed by atoms with Gasteiger partial charge in [-0.2, -0.15) is 0 Å². The van der Waals surface area contributed by atoms with Crippen LogP contribution in [0.2, 0.25) is 0 Å². The number of carbonyl (C=O) groups excluding carboxylic acids is 1. The number of nitrogens with zero attached hydrogens (tertiary/aromatic N) is 1. The molecule has 0 heterocycles. The minimum absolute atomic E-state index is 0.0506. The molecule has 1 aliphatic carbocycles. The molecule has 0 atom stereocenters. The highest BCUT2D eigenvalue weighted by Crippen LogP contribution is 2.24. The predicted octanol–water partition coefficient (Wildman–Crippen LogP) is 2.31. The van der Waals surface area contributed by atoms with Crippen molar-refractivity contribution in [3.63, 3.8) is 0 Å². The van der Waals surface area contributed by atoms with E-state index in [4.69, 9.17) is 0 Å². The second kappa shape index (κ2) is 6.88. The van der Waals surface area contributed by atoms with Crippen LogP contribution >= 0.6 is 0 Å². The van der Waals surface area contributed by atoms with Gasteiger partial charge in [0.1, 0.15) is 5.69 Å². The van der Waals surface area contributed by atoms with Crippen LogP contribution in [0, 0.1) is 16.0 Å². The van der Waals surface area contributed by atoms with E-state index in [0.29, 0.717) is 18.8 Å². The zero-order valence-corrected chi connectivity index (χ0v) is 11.3. The van der Waals surface area contributed by atoms with Gasteiger partial charge >= 0.3 is 0 Å². The zero-order valence-electron chi connectivity index (χ0n) is 11.3. The molecular weight excluding hydrogens is 258 g/mol. The van der Waals surface area contributed by atoms with Crippen LogP contribution in [0.1, 0.15) is 25.7 Å². The van der Waals surface area contributed by atoms with Gasteiger partial charge in [0, 0.05) is 25.1 Å². The SMILES string of the molecule is O=C(NCCNc1ccccc1[N+](=O)[O-])C1CCCC1. The second-order valence-corrected chi connectivity index (χ2v) is 4.97. The molecule has 2 rings (SSSR count). The summed E-state index contributed by atoms with van der Waals surface area (Å²) in [6, 6.07) is 6.49. The van der Waals surface area contributed by atoms with E-state index in [1.54, 1.807) is 18.2 Å². The Hall–Kier alpha value is -2.11. The molecule has 6 heteroatoms. The summed E-state index contributed by atoms with van der Waals surface area (Å²) in [7, 11) is 0. The molecule has 1 aromatic rings. The summed E-state index contributed by atoms with van der Waals surface area (Å²) >= 11 is 0. The first-order valence-electron chi connectivity index (χ1n) is 6.93. The molecule has 2 N–H and O–H groups in total. The van der Waals surface area contributed by atoms with Gasteiger partial charge in [-0.25, -0.2) is 0 Å². The number of nitro benzene ring substituents is 1. The monoisotopic (exact) mass is 277 g/mol. The first kappa shape index (κ1) is 14.3. The maximum absolute atomic E-state index is 11.8. The van der Waals surface area contributed by atoms with Crippen LogP contribution in [-0.4, -0.2) is 23.9 Å². The minimum Gasteiger partial charge on any atom is -0.378 e. The Balaban J connectivity index is 1.76. The van der Waals surface area contributed by atoms with Crippen LogP contribution in [0.15, 0.2) is 24.3 Å². The summed E-state index contributed by atoms with van der Waals surface area (Å²) in [5.41, 5.74) is 0.530. The highest BCUT2D eigenvalue weighted by atomic mass is 16.6. The van der Waals surface area contributed by atoms with Crippen LogP contribution in [-0.2, 0) is 4.79 Å². The first-order valence-corrected chi connectivity index (χ1v) is 6.93. The third-order valence-corrected chi connectivity index (χ3v) is 3.57. The van der Waals surface area contributed by atoms with Crippen molar-refractivity contribution in [2.24, 2.45) is 5.92 Å². The number of carbonyl (C=O) groups is 1. The molecule has 1 fully saturated rings. The second-order valence-electron chi connectivity index (χ2n) is 4.97. The fraction of sp³-hybridized carbons (Fsp3) is 0.500. The molecule has 0 saturated heterocycles. The number of nitro groups is 1. The Morgan fingerprint density at radius 2 is 1.95 bits per heavy atom. The lowest BCUT2D eigenvalue weighted by atomic mass is 10.1. The van der Waals surface area contributed by atoms with Gasteiger partial charge in [-0.1, -0.05) is 25.0 Å². The number of hydrogen-bond donors (Lipinski definition) is 2. The average molecular weight is 277 g/mol. The zero-order chi connectivity index (χ0) is 14.4. The Bertz CT molecular complexity index is 484. The van der Waals surface area contributed by atoms with E-state index in [9.17, 15) is 14.9 Å². The van der Waals surface area contributed by atoms with Crippen LogP contribution in [0.25, 0.3) is 0 Å². The number of rotatable bonds is 6. The molecule has 0 radical (unpaired) electrons. The fourth-order valence-corrected chi connectivity index (χ4v) is 2.50. The highest BCUT2D eigenvalue weighted by Gasteiger charge is 2.21. The van der Waals surface area contributed by atoms with Gasteiger partial charge in [-0.3, -0.25) is 14.9 Å². The number of amides is 1. The van der Waals surface area contributed by atoms with Gasteiger partial charge in [-0.05, 0) is 18.9 Å². The van der Waals surface area contributed by atoms with E-state index < -0.39 is 4.92 Å². The summed E-state index contributed by atoms with van der Waals surface area (Å²) in [5.74, 6) is 0.257. The van der Waals surface area contributed by atoms with Crippen molar-refractivity contribution in [2.45, 2.75) is 25.7 Å². The predicted molar refractivity (Wildman–Crippen MR) is 76.6 cm³/mol. The molecule has 0 spiro atoms. The normalized spacial score (nSPS) is 15.0. The van der Waals surface area contributed by atoms with E-state index in [1.807, 2.05) is 0 Å². The van der Waals surface area contributed by atoms with Gasteiger partial charge in [0.05, 0.1) is 4.92 Å². The maximum Gasteiger partial charge on any atom is 0.292 e. The Kier molecular flexibility index (Phi) is 4.92. The lowest BCUT2D eigenvalue weighted by Gasteiger charge is -2.11. The molecule has 20 heavy (non-hydrogen) atoms. The van der Waals surface area contributed by atoms with Gasteiger partial charge in [0.25, 0.3) is 5.69 Å². The van der Waals surface area contributed by atoms with Crippen molar-refractivity contribution < 1.29 is 9.72 Å². The van der Waals surface area contributed by atoms with E-state index in [0.717, 1.165) is 25.7 Å². The smallest absolute Gasteiger partial charge is 0.292 e. The van der Waals surface area contributed by atoms with Crippen molar-refractivity contribution in [1.29, 1.82) is 0 Å². The summed E-state index contributed by atoms with van der Waals surface area (Å²) in [6.07, 6.45) is 4.21. The standard InChI is InChI=1S/C14H19N3O3/c18-14(11-5-1-2-6-11)16-10-9-15-12-7-3-4-8-13(12)17(19)20/h3-4,7-8,11,15H,1-2,5-6,9-10H2,(H,16,18). The lowest BCUT2D eigenvalue weighted by Crippen LogP contribution is -2.33. The van der Waals surface area contributed by atoms with Gasteiger partial charge in [0.15, 0.2) is 0 Å². The molecule has 0 bridgehead atoms. The third-order valence-electron chi connectivity index (χ3n) is 3.57. The van der Waals surface area contributed by atoms with Crippen molar-refractivity contribution in [1.82, 2.24) is 5.32 Å². The molecule has 1 amide bonds. The van der Waals surface area contributed by atoms with E-state index in [2.05, 4.69) is 10.6 Å². The van der Waals surface area contributed by atoms with Crippen LogP contribution in [0.3, 0.4) is 0 Å². The van der Waals surface area contributed by atoms with Gasteiger partial charge < -0.3 is 10.6 Å². The molecule has 0 unspecified atom stereocenters. The Morgan fingerprint density at radius 3 is 2.65 bits per heavy atom. The fourth-order valence-electron chi connectivity index (χ4n) is 2.50. The van der Waals surface area contributed by atoms with Crippen molar-refractivity contribution in [2.75, 3.05) is 18.4 Å². The van der Waals surface area contributed by atoms with E-state index in [-0.39, 0.29) is 17.5 Å². The van der Waals surface area contributed by atoms with E-state index in [1.165, 1.54) is 6.07 Å². The average Bonchev–Trinajstić information content (AvgIpc) is 2.98. The molecule has 6 nitrogen and oxygen atoms in total. The molecule has 0 aliphatic heterocycles. The summed E-state index contributed by atoms with van der Waals surface area (Å²) in [4.78, 5) is 22.2. The van der Waals surface area contributed by atoms with E-state index >= 15 is 0 Å². The first-order chi connectivity index (χ1) is 9.68. The number of anilines is 1. The van der Waals surface area contributed by atoms with Gasteiger partial charge in [0.2, 0.25) is 5.91 Å². The van der Waals surface area contributed by atoms with Crippen LogP contribution in [0.5, 0.6) is 0 Å². The highest BCUT2D eigenvalue weighted by molar-refractivity contribution is 5.78. The number of hydrogen-bond acceptors (Lipinski definition) is 4. The summed E-state index contributed by atoms with van der Waals surface area (Å²) < 4.78 is 0. The largest absolute Gasteiger partial charge is 0.378 e.